The van der Waals surface area contributed by atoms with Gasteiger partial charge in [-0.15, -0.1) is 0 Å². The SMILES string of the molecule is O=C1C(=O)N(CCCc2ccccc2)c2cccc(Br)c21. The van der Waals surface area contributed by atoms with Gasteiger partial charge in [-0.05, 0) is 46.5 Å². The number of hydrogen-bond donors (Lipinski definition) is 0. The molecule has 2 aromatic carbocycles. The van der Waals surface area contributed by atoms with E-state index in [4.69, 9.17) is 0 Å². The second kappa shape index (κ2) is 5.82. The molecule has 0 fully saturated rings. The van der Waals surface area contributed by atoms with E-state index in [2.05, 4.69) is 28.1 Å². The smallest absolute Gasteiger partial charge is 0.299 e. The van der Waals surface area contributed by atoms with Crippen molar-refractivity contribution in [3.63, 3.8) is 0 Å². The highest BCUT2D eigenvalue weighted by molar-refractivity contribution is 9.10. The molecule has 0 unspecified atom stereocenters. The summed E-state index contributed by atoms with van der Waals surface area (Å²) in [4.78, 5) is 25.7. The van der Waals surface area contributed by atoms with Crippen molar-refractivity contribution in [3.8, 4) is 0 Å². The van der Waals surface area contributed by atoms with E-state index in [9.17, 15) is 9.59 Å². The van der Waals surface area contributed by atoms with E-state index in [-0.39, 0.29) is 0 Å². The van der Waals surface area contributed by atoms with Crippen LogP contribution in [0.15, 0.2) is 53.0 Å². The fraction of sp³-hybridized carbons (Fsp3) is 0.176. The van der Waals surface area contributed by atoms with Gasteiger partial charge in [0.25, 0.3) is 11.7 Å². The molecule has 0 aromatic heterocycles. The Labute approximate surface area is 131 Å². The number of anilines is 1. The summed E-state index contributed by atoms with van der Waals surface area (Å²) in [5, 5.41) is 0. The lowest BCUT2D eigenvalue weighted by Crippen LogP contribution is -2.30. The Morgan fingerprint density at radius 2 is 1.71 bits per heavy atom. The van der Waals surface area contributed by atoms with Gasteiger partial charge in [-0.3, -0.25) is 9.59 Å². The van der Waals surface area contributed by atoms with Gasteiger partial charge in [-0.2, -0.15) is 0 Å². The number of halogens is 1. The van der Waals surface area contributed by atoms with Gasteiger partial charge in [0.2, 0.25) is 0 Å². The van der Waals surface area contributed by atoms with Crippen LogP contribution in [0.2, 0.25) is 0 Å². The fourth-order valence-electron chi connectivity index (χ4n) is 2.61. The van der Waals surface area contributed by atoms with Gasteiger partial charge in [-0.1, -0.05) is 36.4 Å². The molecule has 1 aliphatic heterocycles. The highest BCUT2D eigenvalue weighted by Crippen LogP contribution is 2.34. The van der Waals surface area contributed by atoms with Gasteiger partial charge >= 0.3 is 0 Å². The van der Waals surface area contributed by atoms with Gasteiger partial charge in [0.05, 0.1) is 11.3 Å². The quantitative estimate of drug-likeness (QED) is 0.795. The van der Waals surface area contributed by atoms with Crippen LogP contribution in [-0.4, -0.2) is 18.2 Å². The molecule has 1 amide bonds. The van der Waals surface area contributed by atoms with Crippen molar-refractivity contribution >= 4 is 33.3 Å². The maximum Gasteiger partial charge on any atom is 0.299 e. The Morgan fingerprint density at radius 1 is 0.952 bits per heavy atom. The highest BCUT2D eigenvalue weighted by atomic mass is 79.9. The van der Waals surface area contributed by atoms with Crippen LogP contribution in [0.3, 0.4) is 0 Å². The molecule has 0 saturated heterocycles. The average molecular weight is 344 g/mol. The molecule has 0 saturated carbocycles. The maximum absolute atomic E-state index is 12.1. The van der Waals surface area contributed by atoms with Crippen LogP contribution in [0.1, 0.15) is 22.3 Å². The normalized spacial score (nSPS) is 13.7. The first kappa shape index (κ1) is 14.0. The average Bonchev–Trinajstić information content (AvgIpc) is 2.74. The maximum atomic E-state index is 12.1. The third-order valence-corrected chi connectivity index (χ3v) is 4.30. The lowest BCUT2D eigenvalue weighted by molar-refractivity contribution is -0.114. The van der Waals surface area contributed by atoms with Gasteiger partial charge in [0, 0.05) is 11.0 Å². The van der Waals surface area contributed by atoms with E-state index in [1.807, 2.05) is 30.3 Å². The minimum Gasteiger partial charge on any atom is -0.305 e. The van der Waals surface area contributed by atoms with Crippen molar-refractivity contribution in [1.29, 1.82) is 0 Å². The van der Waals surface area contributed by atoms with Crippen molar-refractivity contribution in [3.05, 3.63) is 64.1 Å². The first-order chi connectivity index (χ1) is 10.2. The second-order valence-corrected chi connectivity index (χ2v) is 5.86. The molecule has 106 valence electrons. The van der Waals surface area contributed by atoms with E-state index < -0.39 is 11.7 Å². The summed E-state index contributed by atoms with van der Waals surface area (Å²) >= 11 is 3.35. The molecule has 1 aliphatic rings. The molecule has 3 nitrogen and oxygen atoms in total. The Bertz CT molecular complexity index is 697. The Balaban J connectivity index is 1.74. The van der Waals surface area contributed by atoms with Crippen LogP contribution < -0.4 is 4.90 Å². The molecule has 0 aliphatic carbocycles. The minimum absolute atomic E-state index is 0.419. The van der Waals surface area contributed by atoms with Crippen molar-refractivity contribution in [2.24, 2.45) is 0 Å². The Kier molecular flexibility index (Phi) is 3.88. The topological polar surface area (TPSA) is 37.4 Å². The van der Waals surface area contributed by atoms with Crippen molar-refractivity contribution in [2.45, 2.75) is 12.8 Å². The molecule has 0 spiro atoms. The number of hydrogen-bond acceptors (Lipinski definition) is 2. The summed E-state index contributed by atoms with van der Waals surface area (Å²) in [5.74, 6) is -0.845. The van der Waals surface area contributed by atoms with Crippen LogP contribution in [0, 0.1) is 0 Å². The summed E-state index contributed by atoms with van der Waals surface area (Å²) in [5.41, 5.74) is 2.44. The fourth-order valence-corrected chi connectivity index (χ4v) is 3.15. The monoisotopic (exact) mass is 343 g/mol. The molecule has 2 aromatic rings. The molecule has 4 heteroatoms. The third-order valence-electron chi connectivity index (χ3n) is 3.64. The number of carbonyl (C=O) groups is 2. The van der Waals surface area contributed by atoms with Gasteiger partial charge < -0.3 is 4.90 Å². The van der Waals surface area contributed by atoms with Crippen molar-refractivity contribution < 1.29 is 9.59 Å². The summed E-state index contributed by atoms with van der Waals surface area (Å²) in [6.07, 6.45) is 1.72. The molecular formula is C17H14BrNO2. The number of benzene rings is 2. The van der Waals surface area contributed by atoms with Gasteiger partial charge in [-0.25, -0.2) is 0 Å². The van der Waals surface area contributed by atoms with Gasteiger partial charge in [0.15, 0.2) is 0 Å². The first-order valence-corrected chi connectivity index (χ1v) is 7.66. The van der Waals surface area contributed by atoms with Crippen molar-refractivity contribution in [1.82, 2.24) is 0 Å². The van der Waals surface area contributed by atoms with E-state index in [0.29, 0.717) is 22.3 Å². The predicted molar refractivity (Wildman–Crippen MR) is 85.6 cm³/mol. The number of carbonyl (C=O) groups excluding carboxylic acids is 2. The first-order valence-electron chi connectivity index (χ1n) is 6.87. The van der Waals surface area contributed by atoms with Crippen LogP contribution >= 0.6 is 15.9 Å². The highest BCUT2D eigenvalue weighted by Gasteiger charge is 2.36. The Hall–Kier alpha value is -1.94. The predicted octanol–water partition coefficient (Wildman–Crippen LogP) is 3.61. The van der Waals surface area contributed by atoms with E-state index in [0.717, 1.165) is 12.8 Å². The lowest BCUT2D eigenvalue weighted by Gasteiger charge is -2.16. The van der Waals surface area contributed by atoms with E-state index >= 15 is 0 Å². The Morgan fingerprint density at radius 3 is 2.48 bits per heavy atom. The van der Waals surface area contributed by atoms with E-state index in [1.165, 1.54) is 5.56 Å². The molecule has 0 radical (unpaired) electrons. The summed E-state index contributed by atoms with van der Waals surface area (Å²) in [7, 11) is 0. The molecule has 0 atom stereocenters. The molecule has 21 heavy (non-hydrogen) atoms. The number of aryl methyl sites for hydroxylation is 1. The standard InChI is InChI=1S/C17H14BrNO2/c18-13-9-4-10-14-15(13)16(20)17(21)19(14)11-5-8-12-6-2-1-3-7-12/h1-4,6-7,9-10H,5,8,11H2. The molecule has 1 heterocycles. The molecular weight excluding hydrogens is 330 g/mol. The van der Waals surface area contributed by atoms with E-state index in [1.54, 1.807) is 11.0 Å². The summed E-state index contributed by atoms with van der Waals surface area (Å²) in [6.45, 7) is 0.558. The van der Waals surface area contributed by atoms with Crippen LogP contribution in [0.25, 0.3) is 0 Å². The molecule has 0 bridgehead atoms. The lowest BCUT2D eigenvalue weighted by atomic mass is 10.1. The van der Waals surface area contributed by atoms with Crippen LogP contribution in [0.5, 0.6) is 0 Å². The minimum atomic E-state index is -0.426. The van der Waals surface area contributed by atoms with Crippen molar-refractivity contribution in [2.75, 3.05) is 11.4 Å². The van der Waals surface area contributed by atoms with Crippen LogP contribution in [-0.2, 0) is 11.2 Å². The van der Waals surface area contributed by atoms with Gasteiger partial charge in [0.1, 0.15) is 0 Å². The number of Topliss-reactive ketones (excluding diaryl/α,β-unsaturated/α-hetero) is 1. The number of ketones is 1. The number of fused-ring (bicyclic) bond motifs is 1. The summed E-state index contributed by atoms with van der Waals surface area (Å²) < 4.78 is 0.684. The zero-order chi connectivity index (χ0) is 14.8. The molecule has 3 rings (SSSR count). The summed E-state index contributed by atoms with van der Waals surface area (Å²) in [6, 6.07) is 15.6. The largest absolute Gasteiger partial charge is 0.305 e. The number of amides is 1. The third kappa shape index (κ3) is 2.63. The van der Waals surface area contributed by atoms with Crippen LogP contribution in [0.4, 0.5) is 5.69 Å². The molecule has 0 N–H and O–H groups in total. The zero-order valence-electron chi connectivity index (χ0n) is 11.4. The number of nitrogens with zero attached hydrogens (tertiary/aromatic N) is 1. The zero-order valence-corrected chi connectivity index (χ0v) is 13.0. The number of rotatable bonds is 4. The second-order valence-electron chi connectivity index (χ2n) is 5.01.